The third kappa shape index (κ3) is 4.87. The van der Waals surface area contributed by atoms with E-state index in [9.17, 15) is 10.2 Å². The molecule has 7 nitrogen and oxygen atoms in total. The second kappa shape index (κ2) is 10.3. The summed E-state index contributed by atoms with van der Waals surface area (Å²) in [6, 6.07) is 17.4. The van der Waals surface area contributed by atoms with E-state index in [1.807, 2.05) is 54.6 Å². The Bertz CT molecular complexity index is 912. The molecule has 2 N–H and O–H groups in total. The van der Waals surface area contributed by atoms with Crippen LogP contribution in [0.5, 0.6) is 5.75 Å². The lowest BCUT2D eigenvalue weighted by atomic mass is 9.84. The molecule has 1 heterocycles. The molecule has 1 aliphatic heterocycles. The highest BCUT2D eigenvalue weighted by Crippen LogP contribution is 2.46. The lowest BCUT2D eigenvalue weighted by Crippen LogP contribution is -2.64. The predicted molar refractivity (Wildman–Crippen MR) is 124 cm³/mol. The fraction of sp³-hybridized carbons (Fsp3) is 0.556. The van der Waals surface area contributed by atoms with Gasteiger partial charge in [0.1, 0.15) is 42.4 Å². The molecule has 7 heteroatoms. The Morgan fingerprint density at radius 1 is 0.765 bits per heavy atom. The number of hydrogen-bond acceptors (Lipinski definition) is 7. The predicted octanol–water partition coefficient (Wildman–Crippen LogP) is 3.35. The van der Waals surface area contributed by atoms with Gasteiger partial charge in [-0.15, -0.1) is 0 Å². The molecular formula is C27H34O7. The number of rotatable bonds is 7. The summed E-state index contributed by atoms with van der Waals surface area (Å²) < 4.78 is 30.6. The molecule has 184 valence electrons. The van der Waals surface area contributed by atoms with Gasteiger partial charge in [0.05, 0.1) is 20.3 Å². The zero-order valence-electron chi connectivity index (χ0n) is 19.5. The number of aliphatic hydroxyl groups is 2. The van der Waals surface area contributed by atoms with Crippen LogP contribution in [0.1, 0.15) is 43.2 Å². The largest absolute Gasteiger partial charge is 0.497 e. The van der Waals surface area contributed by atoms with Gasteiger partial charge in [-0.1, -0.05) is 48.9 Å². The minimum Gasteiger partial charge on any atom is -0.497 e. The molecule has 3 unspecified atom stereocenters. The summed E-state index contributed by atoms with van der Waals surface area (Å²) in [4.78, 5) is 0. The smallest absolute Gasteiger partial charge is 0.169 e. The molecule has 1 spiro atoms. The van der Waals surface area contributed by atoms with Gasteiger partial charge in [-0.05, 0) is 36.1 Å². The van der Waals surface area contributed by atoms with E-state index in [4.69, 9.17) is 23.7 Å². The Hall–Kier alpha value is -2.00. The number of ether oxygens (including phenoxy) is 5. The van der Waals surface area contributed by atoms with Crippen LogP contribution in [0.4, 0.5) is 0 Å². The molecule has 6 atom stereocenters. The van der Waals surface area contributed by atoms with Crippen molar-refractivity contribution in [2.45, 2.75) is 87.7 Å². The molecule has 3 fully saturated rings. The SMILES string of the molecule is COc1ccc(COC2C(OCc3ccccc3)[C@@H](O)C(O)[C@H]3OC4(CCCCC4)O[C@@H]23)cc1. The van der Waals surface area contributed by atoms with Crippen molar-refractivity contribution in [1.82, 2.24) is 0 Å². The summed E-state index contributed by atoms with van der Waals surface area (Å²) in [7, 11) is 1.63. The molecule has 0 radical (unpaired) electrons. The zero-order chi connectivity index (χ0) is 23.5. The molecule has 2 saturated carbocycles. The first kappa shape index (κ1) is 23.7. The average molecular weight is 471 g/mol. The van der Waals surface area contributed by atoms with Gasteiger partial charge >= 0.3 is 0 Å². The minimum atomic E-state index is -1.16. The van der Waals surface area contributed by atoms with E-state index in [2.05, 4.69) is 0 Å². The zero-order valence-corrected chi connectivity index (χ0v) is 19.5. The molecule has 0 bridgehead atoms. The van der Waals surface area contributed by atoms with Gasteiger partial charge in [0.15, 0.2) is 5.79 Å². The first-order valence-electron chi connectivity index (χ1n) is 12.2. The Labute approximate surface area is 200 Å². The summed E-state index contributed by atoms with van der Waals surface area (Å²) in [6.07, 6.45) is -0.0931. The number of hydrogen-bond donors (Lipinski definition) is 2. The van der Waals surface area contributed by atoms with Crippen LogP contribution in [0.25, 0.3) is 0 Å². The lowest BCUT2D eigenvalue weighted by Gasteiger charge is -2.43. The van der Waals surface area contributed by atoms with Gasteiger partial charge in [0, 0.05) is 12.8 Å². The maximum absolute atomic E-state index is 11.1. The molecule has 1 saturated heterocycles. The quantitative estimate of drug-likeness (QED) is 0.642. The molecule has 0 amide bonds. The first-order chi connectivity index (χ1) is 16.6. The van der Waals surface area contributed by atoms with Crippen LogP contribution < -0.4 is 4.74 Å². The van der Waals surface area contributed by atoms with E-state index in [0.717, 1.165) is 49.0 Å². The average Bonchev–Trinajstić information content (AvgIpc) is 3.24. The van der Waals surface area contributed by atoms with Gasteiger partial charge in [-0.3, -0.25) is 0 Å². The van der Waals surface area contributed by atoms with Crippen LogP contribution in [0.2, 0.25) is 0 Å². The van der Waals surface area contributed by atoms with E-state index in [0.29, 0.717) is 13.2 Å². The van der Waals surface area contributed by atoms with Crippen molar-refractivity contribution in [2.75, 3.05) is 7.11 Å². The molecule has 5 rings (SSSR count). The van der Waals surface area contributed by atoms with E-state index in [-0.39, 0.29) is 0 Å². The van der Waals surface area contributed by atoms with Crippen molar-refractivity contribution in [1.29, 1.82) is 0 Å². The maximum atomic E-state index is 11.1. The summed E-state index contributed by atoms with van der Waals surface area (Å²) in [5.74, 6) is 0.0560. The van der Waals surface area contributed by atoms with Crippen molar-refractivity contribution in [3.8, 4) is 5.75 Å². The maximum Gasteiger partial charge on any atom is 0.169 e. The van der Waals surface area contributed by atoms with Crippen LogP contribution in [-0.4, -0.2) is 59.7 Å². The highest BCUT2D eigenvalue weighted by atomic mass is 16.8. The van der Waals surface area contributed by atoms with Crippen molar-refractivity contribution < 1.29 is 33.9 Å². The Balaban J connectivity index is 1.37. The van der Waals surface area contributed by atoms with Crippen LogP contribution in [0.15, 0.2) is 54.6 Å². The normalized spacial score (nSPS) is 32.4. The highest BCUT2D eigenvalue weighted by molar-refractivity contribution is 5.26. The molecule has 3 aliphatic rings. The van der Waals surface area contributed by atoms with Crippen molar-refractivity contribution >= 4 is 0 Å². The summed E-state index contributed by atoms with van der Waals surface area (Å²) >= 11 is 0. The van der Waals surface area contributed by atoms with E-state index in [1.165, 1.54) is 0 Å². The summed E-state index contributed by atoms with van der Waals surface area (Å²) in [5.41, 5.74) is 1.94. The summed E-state index contributed by atoms with van der Waals surface area (Å²) in [6.45, 7) is 0.601. The summed E-state index contributed by atoms with van der Waals surface area (Å²) in [5, 5.41) is 22.1. The lowest BCUT2D eigenvalue weighted by molar-refractivity contribution is -0.228. The third-order valence-corrected chi connectivity index (χ3v) is 7.20. The fourth-order valence-electron chi connectivity index (χ4n) is 5.34. The van der Waals surface area contributed by atoms with Crippen LogP contribution in [0, 0.1) is 0 Å². The number of benzene rings is 2. The van der Waals surface area contributed by atoms with Crippen molar-refractivity contribution in [2.24, 2.45) is 0 Å². The number of aliphatic hydroxyl groups excluding tert-OH is 2. The van der Waals surface area contributed by atoms with Gasteiger partial charge in [-0.25, -0.2) is 0 Å². The van der Waals surface area contributed by atoms with Crippen LogP contribution >= 0.6 is 0 Å². The van der Waals surface area contributed by atoms with Gasteiger partial charge in [0.2, 0.25) is 0 Å². The van der Waals surface area contributed by atoms with Crippen molar-refractivity contribution in [3.05, 3.63) is 65.7 Å². The molecule has 0 aromatic heterocycles. The monoisotopic (exact) mass is 470 g/mol. The molecule has 2 aromatic rings. The van der Waals surface area contributed by atoms with Crippen LogP contribution in [0.3, 0.4) is 0 Å². The third-order valence-electron chi connectivity index (χ3n) is 7.20. The fourth-order valence-corrected chi connectivity index (χ4v) is 5.34. The highest BCUT2D eigenvalue weighted by Gasteiger charge is 2.60. The number of methoxy groups -OCH3 is 1. The standard InChI is InChI=1S/C27H34O7/c1-30-20-12-10-19(11-13-20)17-32-25-23(31-16-18-8-4-2-5-9-18)21(28)22(29)24-26(25)34-27(33-24)14-6-3-7-15-27/h2,4-5,8-13,21-26,28-29H,3,6-7,14-17H2,1H3/t21-,22?,23?,24+,25?,26+/m0/s1. The van der Waals surface area contributed by atoms with Gasteiger partial charge in [0.25, 0.3) is 0 Å². The molecule has 2 aromatic carbocycles. The second-order valence-corrected chi connectivity index (χ2v) is 9.50. The Morgan fingerprint density at radius 2 is 1.38 bits per heavy atom. The van der Waals surface area contributed by atoms with E-state index < -0.39 is 42.4 Å². The molecular weight excluding hydrogens is 436 g/mol. The Morgan fingerprint density at radius 3 is 2.06 bits per heavy atom. The van der Waals surface area contributed by atoms with Gasteiger partial charge < -0.3 is 33.9 Å². The van der Waals surface area contributed by atoms with Crippen LogP contribution in [-0.2, 0) is 32.2 Å². The second-order valence-electron chi connectivity index (χ2n) is 9.50. The minimum absolute atomic E-state index is 0.293. The topological polar surface area (TPSA) is 86.6 Å². The van der Waals surface area contributed by atoms with E-state index in [1.54, 1.807) is 7.11 Å². The number of fused-ring (bicyclic) bond motifs is 1. The van der Waals surface area contributed by atoms with E-state index >= 15 is 0 Å². The first-order valence-corrected chi connectivity index (χ1v) is 12.2. The molecule has 2 aliphatic carbocycles. The Kier molecular flexibility index (Phi) is 7.20. The van der Waals surface area contributed by atoms with Gasteiger partial charge in [-0.2, -0.15) is 0 Å². The van der Waals surface area contributed by atoms with Crippen molar-refractivity contribution in [3.63, 3.8) is 0 Å². The molecule has 34 heavy (non-hydrogen) atoms.